The molecule has 3 heterocycles. The molecule has 0 radical (unpaired) electrons. The fraction of sp³-hybridized carbons (Fsp3) is 0.292. The summed E-state index contributed by atoms with van der Waals surface area (Å²) in [4.78, 5) is 23.6. The van der Waals surface area contributed by atoms with Crippen molar-refractivity contribution in [2.75, 3.05) is 50.5 Å². The SMILES string of the molecule is COc1cc(OCCc2c(Cl)ccc(F)c2Cl)c(N2CCN(C(=O)O)CC2)nc1-c1ccc(N)nc1. The van der Waals surface area contributed by atoms with Crippen LogP contribution >= 0.6 is 23.2 Å². The first-order chi connectivity index (χ1) is 17.3. The highest BCUT2D eigenvalue weighted by Gasteiger charge is 2.26. The number of ether oxygens (including phenoxy) is 2. The molecular weight excluding hydrogens is 512 g/mol. The Balaban J connectivity index is 1.66. The number of halogens is 3. The molecule has 12 heteroatoms. The zero-order valence-electron chi connectivity index (χ0n) is 19.4. The van der Waals surface area contributed by atoms with Gasteiger partial charge in [-0.25, -0.2) is 19.2 Å². The summed E-state index contributed by atoms with van der Waals surface area (Å²) >= 11 is 12.3. The molecule has 0 aliphatic carbocycles. The van der Waals surface area contributed by atoms with Crippen molar-refractivity contribution in [2.45, 2.75) is 6.42 Å². The summed E-state index contributed by atoms with van der Waals surface area (Å²) in [6.45, 7) is 1.61. The summed E-state index contributed by atoms with van der Waals surface area (Å²) in [6.07, 6.45) is 0.889. The van der Waals surface area contributed by atoms with Crippen LogP contribution in [0.15, 0.2) is 36.5 Å². The van der Waals surface area contributed by atoms with Gasteiger partial charge in [0.05, 0.1) is 18.7 Å². The number of carbonyl (C=O) groups is 1. The number of amides is 1. The van der Waals surface area contributed by atoms with Gasteiger partial charge >= 0.3 is 6.09 Å². The zero-order valence-corrected chi connectivity index (χ0v) is 20.9. The molecule has 1 aliphatic heterocycles. The lowest BCUT2D eigenvalue weighted by atomic mass is 10.1. The molecule has 0 bridgehead atoms. The first kappa shape index (κ1) is 25.6. The van der Waals surface area contributed by atoms with E-state index in [4.69, 9.17) is 43.4 Å². The van der Waals surface area contributed by atoms with Gasteiger partial charge in [0, 0.05) is 55.4 Å². The van der Waals surface area contributed by atoms with Crippen LogP contribution in [0.2, 0.25) is 10.0 Å². The maximum Gasteiger partial charge on any atom is 0.407 e. The summed E-state index contributed by atoms with van der Waals surface area (Å²) in [7, 11) is 1.52. The number of rotatable bonds is 7. The van der Waals surface area contributed by atoms with Crippen LogP contribution in [0.4, 0.5) is 20.8 Å². The second-order valence-corrected chi connectivity index (χ2v) is 8.79. The number of benzene rings is 1. The van der Waals surface area contributed by atoms with Gasteiger partial charge in [0.1, 0.15) is 23.1 Å². The van der Waals surface area contributed by atoms with E-state index in [-0.39, 0.29) is 18.1 Å². The fourth-order valence-electron chi connectivity index (χ4n) is 3.88. The second kappa shape index (κ2) is 11.0. The van der Waals surface area contributed by atoms with Gasteiger partial charge in [0.2, 0.25) is 0 Å². The van der Waals surface area contributed by atoms with Crippen molar-refractivity contribution < 1.29 is 23.8 Å². The number of aromatic nitrogens is 2. The van der Waals surface area contributed by atoms with E-state index < -0.39 is 11.9 Å². The first-order valence-electron chi connectivity index (χ1n) is 11.1. The molecular formula is C24H24Cl2FN5O4. The molecule has 1 aromatic carbocycles. The number of piperazine rings is 1. The predicted octanol–water partition coefficient (Wildman–Crippen LogP) is 4.60. The van der Waals surface area contributed by atoms with E-state index >= 15 is 0 Å². The largest absolute Gasteiger partial charge is 0.494 e. The Labute approximate surface area is 217 Å². The van der Waals surface area contributed by atoms with Crippen LogP contribution in [0.5, 0.6) is 11.5 Å². The fourth-order valence-corrected chi connectivity index (χ4v) is 4.44. The smallest absolute Gasteiger partial charge is 0.407 e. The molecule has 9 nitrogen and oxygen atoms in total. The third-order valence-corrected chi connectivity index (χ3v) is 6.57. The summed E-state index contributed by atoms with van der Waals surface area (Å²) in [6, 6.07) is 7.83. The molecule has 1 aliphatic rings. The number of pyridine rings is 2. The van der Waals surface area contributed by atoms with Crippen LogP contribution in [0, 0.1) is 5.82 Å². The highest BCUT2D eigenvalue weighted by atomic mass is 35.5. The van der Waals surface area contributed by atoms with E-state index in [0.29, 0.717) is 71.2 Å². The van der Waals surface area contributed by atoms with Crippen LogP contribution in [-0.4, -0.2) is 66.0 Å². The molecule has 1 fully saturated rings. The third kappa shape index (κ3) is 5.50. The third-order valence-electron chi connectivity index (χ3n) is 5.81. The molecule has 0 spiro atoms. The number of anilines is 2. The summed E-state index contributed by atoms with van der Waals surface area (Å²) in [5.74, 6) is 1.21. The van der Waals surface area contributed by atoms with E-state index in [2.05, 4.69) is 4.98 Å². The topological polar surface area (TPSA) is 114 Å². The average Bonchev–Trinajstić information content (AvgIpc) is 2.88. The highest BCUT2D eigenvalue weighted by Crippen LogP contribution is 2.38. The van der Waals surface area contributed by atoms with Crippen LogP contribution in [-0.2, 0) is 6.42 Å². The second-order valence-electron chi connectivity index (χ2n) is 8.01. The van der Waals surface area contributed by atoms with E-state index in [1.807, 2.05) is 4.90 Å². The molecule has 1 amide bonds. The summed E-state index contributed by atoms with van der Waals surface area (Å²) in [5.41, 5.74) is 7.40. The lowest BCUT2D eigenvalue weighted by Gasteiger charge is -2.34. The number of carboxylic acid groups (broad SMARTS) is 1. The molecule has 3 aromatic rings. The van der Waals surface area contributed by atoms with Crippen LogP contribution in [0.1, 0.15) is 5.56 Å². The minimum atomic E-state index is -0.966. The molecule has 2 aromatic heterocycles. The Hall–Kier alpha value is -3.50. The molecule has 0 atom stereocenters. The quantitative estimate of drug-likeness (QED) is 0.422. The summed E-state index contributed by atoms with van der Waals surface area (Å²) in [5, 5.41) is 9.61. The molecule has 1 saturated heterocycles. The van der Waals surface area contributed by atoms with Crippen LogP contribution in [0.3, 0.4) is 0 Å². The lowest BCUT2D eigenvalue weighted by molar-refractivity contribution is 0.142. The van der Waals surface area contributed by atoms with Crippen molar-refractivity contribution in [1.82, 2.24) is 14.9 Å². The highest BCUT2D eigenvalue weighted by molar-refractivity contribution is 6.36. The van der Waals surface area contributed by atoms with Crippen LogP contribution in [0.25, 0.3) is 11.3 Å². The number of hydrogen-bond acceptors (Lipinski definition) is 7. The van der Waals surface area contributed by atoms with Crippen molar-refractivity contribution in [3.63, 3.8) is 0 Å². The minimum absolute atomic E-state index is 0.0435. The Morgan fingerprint density at radius 1 is 1.17 bits per heavy atom. The van der Waals surface area contributed by atoms with Crippen molar-refractivity contribution in [1.29, 1.82) is 0 Å². The van der Waals surface area contributed by atoms with Gasteiger partial charge < -0.3 is 30.1 Å². The minimum Gasteiger partial charge on any atom is -0.494 e. The molecule has 0 unspecified atom stereocenters. The maximum absolute atomic E-state index is 13.9. The monoisotopic (exact) mass is 535 g/mol. The van der Waals surface area contributed by atoms with E-state index in [0.717, 1.165) is 0 Å². The number of methoxy groups -OCH3 is 1. The predicted molar refractivity (Wildman–Crippen MR) is 136 cm³/mol. The first-order valence-corrected chi connectivity index (χ1v) is 11.8. The standard InChI is InChI=1S/C24H24Cl2FN5O4/c1-35-18-12-19(36-11-6-15-16(25)3-4-17(27)21(15)26)23(31-7-9-32(10-8-31)24(33)34)30-22(18)14-2-5-20(28)29-13-14/h2-5,12-13H,6-11H2,1H3,(H2,28,29)(H,33,34). The Bertz CT molecular complexity index is 1250. The zero-order chi connectivity index (χ0) is 25.8. The van der Waals surface area contributed by atoms with Gasteiger partial charge in [-0.15, -0.1) is 0 Å². The van der Waals surface area contributed by atoms with Crippen molar-refractivity contribution in [3.8, 4) is 22.8 Å². The van der Waals surface area contributed by atoms with Crippen molar-refractivity contribution in [2.24, 2.45) is 0 Å². The van der Waals surface area contributed by atoms with E-state index in [1.165, 1.54) is 24.1 Å². The summed E-state index contributed by atoms with van der Waals surface area (Å²) < 4.78 is 25.6. The number of hydrogen-bond donors (Lipinski definition) is 2. The lowest BCUT2D eigenvalue weighted by Crippen LogP contribution is -2.48. The average molecular weight is 536 g/mol. The number of nitrogens with zero attached hydrogens (tertiary/aromatic N) is 4. The number of nitrogen functional groups attached to an aromatic ring is 1. The molecule has 190 valence electrons. The number of nitrogens with two attached hydrogens (primary N) is 1. The van der Waals surface area contributed by atoms with Crippen molar-refractivity contribution in [3.05, 3.63) is 58.0 Å². The maximum atomic E-state index is 13.9. The molecule has 3 N–H and O–H groups in total. The van der Waals surface area contributed by atoms with Gasteiger partial charge in [-0.3, -0.25) is 0 Å². The van der Waals surface area contributed by atoms with E-state index in [1.54, 1.807) is 24.4 Å². The Morgan fingerprint density at radius 2 is 1.92 bits per heavy atom. The molecule has 4 rings (SSSR count). The molecule has 36 heavy (non-hydrogen) atoms. The van der Waals surface area contributed by atoms with Gasteiger partial charge in [0.15, 0.2) is 11.6 Å². The Kier molecular flexibility index (Phi) is 7.85. The Morgan fingerprint density at radius 3 is 2.56 bits per heavy atom. The van der Waals surface area contributed by atoms with Gasteiger partial charge in [-0.05, 0) is 29.8 Å². The van der Waals surface area contributed by atoms with Crippen LogP contribution < -0.4 is 20.1 Å². The van der Waals surface area contributed by atoms with Gasteiger partial charge in [-0.2, -0.15) is 0 Å². The normalized spacial score (nSPS) is 13.6. The van der Waals surface area contributed by atoms with Gasteiger partial charge in [-0.1, -0.05) is 23.2 Å². The molecule has 0 saturated carbocycles. The van der Waals surface area contributed by atoms with E-state index in [9.17, 15) is 14.3 Å². The van der Waals surface area contributed by atoms with Crippen molar-refractivity contribution >= 4 is 40.9 Å². The van der Waals surface area contributed by atoms with Gasteiger partial charge in [0.25, 0.3) is 0 Å².